The van der Waals surface area contributed by atoms with Crippen LogP contribution in [0.15, 0.2) is 60.7 Å². The lowest BCUT2D eigenvalue weighted by molar-refractivity contribution is 0.130. The fraction of sp³-hybridized carbons (Fsp3) is 0.294. The van der Waals surface area contributed by atoms with Crippen molar-refractivity contribution in [2.75, 3.05) is 0 Å². The van der Waals surface area contributed by atoms with Crippen LogP contribution in [0.1, 0.15) is 24.5 Å². The average molecular weight is 320 g/mol. The summed E-state index contributed by atoms with van der Waals surface area (Å²) in [6, 6.07) is 18.8. The van der Waals surface area contributed by atoms with Gasteiger partial charge >= 0.3 is 7.60 Å². The molecule has 118 valence electrons. The molecule has 2 rings (SSSR count). The summed E-state index contributed by atoms with van der Waals surface area (Å²) >= 11 is 0. The molecule has 5 heteroatoms. The third kappa shape index (κ3) is 4.79. The molecule has 22 heavy (non-hydrogen) atoms. The van der Waals surface area contributed by atoms with E-state index < -0.39 is 13.4 Å². The Balaban J connectivity index is 2.02. The Labute approximate surface area is 131 Å². The molecule has 0 fully saturated rings. The van der Waals surface area contributed by atoms with Gasteiger partial charge in [0.25, 0.3) is 0 Å². The summed E-state index contributed by atoms with van der Waals surface area (Å²) in [6.45, 7) is 2.03. The molecule has 4 nitrogen and oxygen atoms in total. The van der Waals surface area contributed by atoms with Crippen LogP contribution in [0.4, 0.5) is 0 Å². The monoisotopic (exact) mass is 320 g/mol. The zero-order chi connectivity index (χ0) is 15.8. The molecule has 0 aliphatic carbocycles. The summed E-state index contributed by atoms with van der Waals surface area (Å²) in [5.74, 6) is -1.13. The van der Waals surface area contributed by atoms with Crippen molar-refractivity contribution in [1.29, 1.82) is 0 Å². The van der Waals surface area contributed by atoms with Gasteiger partial charge in [0, 0.05) is 0 Å². The summed E-state index contributed by atoms with van der Waals surface area (Å²) < 4.78 is 23.7. The van der Waals surface area contributed by atoms with Gasteiger partial charge < -0.3 is 14.2 Å². The second-order valence-corrected chi connectivity index (χ2v) is 7.14. The molecule has 2 aromatic rings. The van der Waals surface area contributed by atoms with Crippen molar-refractivity contribution in [3.05, 3.63) is 71.8 Å². The minimum Gasteiger partial charge on any atom is -0.380 e. The number of benzene rings is 2. The highest BCUT2D eigenvalue weighted by Crippen LogP contribution is 2.54. The molecule has 0 saturated heterocycles. The van der Waals surface area contributed by atoms with Crippen molar-refractivity contribution in [1.82, 2.24) is 0 Å². The maximum Gasteiger partial charge on any atom is 0.359 e. The summed E-state index contributed by atoms with van der Waals surface area (Å²) in [6.07, 6.45) is 0.306. The minimum atomic E-state index is -3.59. The van der Waals surface area contributed by atoms with Crippen LogP contribution in [0.25, 0.3) is 0 Å². The molecule has 0 amide bonds. The highest BCUT2D eigenvalue weighted by atomic mass is 31.2. The van der Waals surface area contributed by atoms with Crippen molar-refractivity contribution >= 4 is 7.60 Å². The molecule has 0 aliphatic rings. The first-order valence-electron chi connectivity index (χ1n) is 7.29. The smallest absolute Gasteiger partial charge is 0.359 e. The van der Waals surface area contributed by atoms with Gasteiger partial charge in [-0.2, -0.15) is 0 Å². The highest BCUT2D eigenvalue weighted by molar-refractivity contribution is 7.54. The van der Waals surface area contributed by atoms with Crippen LogP contribution in [-0.2, 0) is 26.8 Å². The average Bonchev–Trinajstić information content (AvgIpc) is 2.59. The lowest BCUT2D eigenvalue weighted by Gasteiger charge is -2.22. The van der Waals surface area contributed by atoms with E-state index in [1.165, 1.54) is 0 Å². The first kappa shape index (κ1) is 16.9. The molecule has 0 aliphatic heterocycles. The molecular weight excluding hydrogens is 299 g/mol. The van der Waals surface area contributed by atoms with E-state index in [1.54, 1.807) is 6.92 Å². The highest BCUT2D eigenvalue weighted by Gasteiger charge is 2.33. The van der Waals surface area contributed by atoms with E-state index in [0.717, 1.165) is 11.1 Å². The number of aliphatic hydroxyl groups is 1. The Morgan fingerprint density at radius 1 is 0.909 bits per heavy atom. The van der Waals surface area contributed by atoms with Gasteiger partial charge in [-0.3, -0.25) is 4.57 Å². The molecule has 1 unspecified atom stereocenters. The quantitative estimate of drug-likeness (QED) is 0.735. The zero-order valence-electron chi connectivity index (χ0n) is 12.6. The zero-order valence-corrected chi connectivity index (χ0v) is 13.5. The number of rotatable bonds is 8. The normalized spacial score (nSPS) is 13.0. The maximum absolute atomic E-state index is 12.8. The van der Waals surface area contributed by atoms with Gasteiger partial charge in [-0.05, 0) is 17.5 Å². The largest absolute Gasteiger partial charge is 0.380 e. The van der Waals surface area contributed by atoms with E-state index in [4.69, 9.17) is 9.05 Å². The van der Waals surface area contributed by atoms with Crippen LogP contribution in [-0.4, -0.2) is 11.0 Å². The van der Waals surface area contributed by atoms with Crippen molar-refractivity contribution in [2.45, 2.75) is 32.4 Å². The topological polar surface area (TPSA) is 55.8 Å². The molecule has 1 atom stereocenters. The molecular formula is C17H21O4P. The van der Waals surface area contributed by atoms with Gasteiger partial charge in [-0.25, -0.2) is 0 Å². The molecule has 0 spiro atoms. The predicted octanol–water partition coefficient (Wildman–Crippen LogP) is 4.34. The van der Waals surface area contributed by atoms with Crippen molar-refractivity contribution in [2.24, 2.45) is 0 Å². The lowest BCUT2D eigenvalue weighted by Crippen LogP contribution is -2.11. The van der Waals surface area contributed by atoms with E-state index in [-0.39, 0.29) is 13.2 Å². The Morgan fingerprint density at radius 3 is 1.68 bits per heavy atom. The van der Waals surface area contributed by atoms with E-state index in [2.05, 4.69) is 0 Å². The third-order valence-electron chi connectivity index (χ3n) is 3.24. The lowest BCUT2D eigenvalue weighted by atomic mass is 10.2. The fourth-order valence-electron chi connectivity index (χ4n) is 1.91. The molecule has 2 aromatic carbocycles. The van der Waals surface area contributed by atoms with E-state index in [9.17, 15) is 9.67 Å². The van der Waals surface area contributed by atoms with Gasteiger partial charge in [0.2, 0.25) is 0 Å². The van der Waals surface area contributed by atoms with Gasteiger partial charge in [0.1, 0.15) is 0 Å². The third-order valence-corrected chi connectivity index (χ3v) is 5.31. The summed E-state index contributed by atoms with van der Waals surface area (Å²) in [5.41, 5.74) is 1.77. The molecule has 0 aromatic heterocycles. The fourth-order valence-corrected chi connectivity index (χ4v) is 3.43. The second-order valence-electron chi connectivity index (χ2n) is 4.95. The van der Waals surface area contributed by atoms with Crippen LogP contribution in [0.2, 0.25) is 0 Å². The number of hydrogen-bond acceptors (Lipinski definition) is 4. The molecule has 0 heterocycles. The number of aliphatic hydroxyl groups excluding tert-OH is 1. The summed E-state index contributed by atoms with van der Waals surface area (Å²) in [7, 11) is -3.59. The van der Waals surface area contributed by atoms with Crippen LogP contribution in [0.3, 0.4) is 0 Å². The first-order valence-corrected chi connectivity index (χ1v) is 8.90. The Bertz CT molecular complexity index is 553. The Kier molecular flexibility index (Phi) is 6.34. The van der Waals surface area contributed by atoms with Crippen molar-refractivity contribution in [3.8, 4) is 0 Å². The van der Waals surface area contributed by atoms with E-state index >= 15 is 0 Å². The van der Waals surface area contributed by atoms with Crippen LogP contribution >= 0.6 is 7.60 Å². The van der Waals surface area contributed by atoms with Gasteiger partial charge in [0.15, 0.2) is 5.85 Å². The number of hydrogen-bond donors (Lipinski definition) is 1. The Hall–Kier alpha value is -1.45. The first-order chi connectivity index (χ1) is 10.6. The van der Waals surface area contributed by atoms with E-state index in [0.29, 0.717) is 6.42 Å². The standard InChI is InChI=1S/C17H21O4P/c1-2-17(18)22(19,20-13-15-9-5-3-6-10-15)21-14-16-11-7-4-8-12-16/h3-12,17-18H,2,13-14H2,1H3. The summed E-state index contributed by atoms with van der Waals surface area (Å²) in [5, 5.41) is 10.0. The molecule has 1 N–H and O–H groups in total. The van der Waals surface area contributed by atoms with Gasteiger partial charge in [0.05, 0.1) is 13.2 Å². The van der Waals surface area contributed by atoms with E-state index in [1.807, 2.05) is 60.7 Å². The molecule has 0 bridgehead atoms. The van der Waals surface area contributed by atoms with Gasteiger partial charge in [-0.1, -0.05) is 67.6 Å². The Morgan fingerprint density at radius 2 is 1.32 bits per heavy atom. The van der Waals surface area contributed by atoms with Crippen LogP contribution < -0.4 is 0 Å². The van der Waals surface area contributed by atoms with Crippen LogP contribution in [0, 0.1) is 0 Å². The van der Waals surface area contributed by atoms with Crippen molar-refractivity contribution < 1.29 is 18.7 Å². The SMILES string of the molecule is CCC(O)P(=O)(OCc1ccccc1)OCc1ccccc1. The van der Waals surface area contributed by atoms with Crippen molar-refractivity contribution in [3.63, 3.8) is 0 Å². The van der Waals surface area contributed by atoms with Crippen LogP contribution in [0.5, 0.6) is 0 Å². The second kappa shape index (κ2) is 8.25. The predicted molar refractivity (Wildman–Crippen MR) is 86.4 cm³/mol. The molecule has 0 saturated carbocycles. The molecule has 0 radical (unpaired) electrons. The van der Waals surface area contributed by atoms with Gasteiger partial charge in [-0.15, -0.1) is 0 Å². The maximum atomic E-state index is 12.8. The minimum absolute atomic E-state index is 0.143. The summed E-state index contributed by atoms with van der Waals surface area (Å²) in [4.78, 5) is 0.